The van der Waals surface area contributed by atoms with Gasteiger partial charge in [-0.3, -0.25) is 4.79 Å². The van der Waals surface area contributed by atoms with Gasteiger partial charge in [-0.2, -0.15) is 0 Å². The summed E-state index contributed by atoms with van der Waals surface area (Å²) in [5.41, 5.74) is 11.1. The van der Waals surface area contributed by atoms with Gasteiger partial charge in [-0.1, -0.05) is 37.6 Å². The fourth-order valence-corrected chi connectivity index (χ4v) is 4.88. The lowest BCUT2D eigenvalue weighted by Gasteiger charge is -2.28. The van der Waals surface area contributed by atoms with Gasteiger partial charge in [0.2, 0.25) is 0 Å². The van der Waals surface area contributed by atoms with E-state index in [-0.39, 0.29) is 29.4 Å². The molecule has 2 aromatic carbocycles. The maximum Gasteiger partial charge on any atom is 0.172 e. The van der Waals surface area contributed by atoms with Gasteiger partial charge in [0.25, 0.3) is 0 Å². The lowest BCUT2D eigenvalue weighted by atomic mass is 9.75. The van der Waals surface area contributed by atoms with Gasteiger partial charge in [-0.15, -0.1) is 0 Å². The van der Waals surface area contributed by atoms with Gasteiger partial charge in [0.15, 0.2) is 17.3 Å². The number of nitrogens with zero attached hydrogens (tertiary/aromatic N) is 1. The van der Waals surface area contributed by atoms with Gasteiger partial charge >= 0.3 is 0 Å². The van der Waals surface area contributed by atoms with Crippen molar-refractivity contribution in [1.29, 1.82) is 0 Å². The summed E-state index contributed by atoms with van der Waals surface area (Å²) in [6, 6.07) is 9.09. The van der Waals surface area contributed by atoms with Gasteiger partial charge < -0.3 is 10.5 Å². The Morgan fingerprint density at radius 3 is 2.52 bits per heavy atom. The van der Waals surface area contributed by atoms with Crippen molar-refractivity contribution in [2.45, 2.75) is 51.9 Å². The van der Waals surface area contributed by atoms with E-state index in [0.29, 0.717) is 41.1 Å². The zero-order chi connectivity index (χ0) is 23.7. The predicted molar refractivity (Wildman–Crippen MR) is 126 cm³/mol. The molecule has 0 aromatic heterocycles. The fraction of sp³-hybridized carbons (Fsp3) is 0.333. The Balaban J connectivity index is 1.83. The fourth-order valence-electron chi connectivity index (χ4n) is 4.88. The average molecular weight is 451 g/mol. The van der Waals surface area contributed by atoms with E-state index >= 15 is 4.39 Å². The van der Waals surface area contributed by atoms with Crippen molar-refractivity contribution in [2.24, 2.45) is 10.7 Å². The molecule has 1 heterocycles. The summed E-state index contributed by atoms with van der Waals surface area (Å²) >= 11 is 0. The molecule has 0 radical (unpaired) electrons. The maximum absolute atomic E-state index is 15.1. The quantitative estimate of drug-likeness (QED) is 0.588. The molecule has 33 heavy (non-hydrogen) atoms. The maximum atomic E-state index is 15.1. The Labute approximate surface area is 192 Å². The molecule has 2 N–H and O–H groups in total. The first-order chi connectivity index (χ1) is 15.9. The Kier molecular flexibility index (Phi) is 6.45. The summed E-state index contributed by atoms with van der Waals surface area (Å²) in [5.74, 6) is -0.741. The van der Waals surface area contributed by atoms with Crippen LogP contribution in [0.25, 0.3) is 11.1 Å². The van der Waals surface area contributed by atoms with Crippen molar-refractivity contribution in [2.75, 3.05) is 7.11 Å². The third-order valence-corrected chi connectivity index (χ3v) is 6.62. The molecule has 172 valence electrons. The highest BCUT2D eigenvalue weighted by atomic mass is 19.1. The smallest absolute Gasteiger partial charge is 0.172 e. The molecule has 2 aliphatic rings. The predicted octanol–water partition coefficient (Wildman–Crippen LogP) is 6.22. The Hall–Kier alpha value is -3.28. The van der Waals surface area contributed by atoms with E-state index < -0.39 is 11.6 Å². The highest BCUT2D eigenvalue weighted by Crippen LogP contribution is 2.42. The molecule has 1 saturated carbocycles. The molecule has 1 fully saturated rings. The summed E-state index contributed by atoms with van der Waals surface area (Å²) < 4.78 is 34.5. The average Bonchev–Trinajstić information content (AvgIpc) is 2.94. The van der Waals surface area contributed by atoms with Crippen LogP contribution in [0.5, 0.6) is 5.75 Å². The number of ketones is 1. The number of rotatable bonds is 5. The first-order valence-corrected chi connectivity index (χ1v) is 11.3. The lowest BCUT2D eigenvalue weighted by molar-refractivity contribution is -0.115. The number of fused-ring (bicyclic) bond motifs is 1. The topological polar surface area (TPSA) is 64.7 Å². The molecular formula is C27H28F2N2O2. The number of benzene rings is 2. The second-order valence-corrected chi connectivity index (χ2v) is 8.49. The van der Waals surface area contributed by atoms with Gasteiger partial charge in [-0.05, 0) is 66.5 Å². The molecule has 6 heteroatoms. The van der Waals surface area contributed by atoms with E-state index in [2.05, 4.69) is 4.99 Å². The SMILES string of the molecule is CCC1=C(N)N=C2CC(c3ccc(F)cc3-c3cccc(OC)c3F)CC(=O)C2=C(CC)C1. The first-order valence-electron chi connectivity index (χ1n) is 11.3. The molecule has 1 aliphatic carbocycles. The summed E-state index contributed by atoms with van der Waals surface area (Å²) in [6.45, 7) is 4.07. The molecule has 0 amide bonds. The third-order valence-electron chi connectivity index (χ3n) is 6.62. The number of aliphatic imine (C=N–C) groups is 1. The lowest BCUT2D eigenvalue weighted by Crippen LogP contribution is -2.27. The monoisotopic (exact) mass is 450 g/mol. The summed E-state index contributed by atoms with van der Waals surface area (Å²) in [7, 11) is 1.39. The molecule has 1 atom stereocenters. The Morgan fingerprint density at radius 1 is 1.06 bits per heavy atom. The van der Waals surface area contributed by atoms with Crippen LogP contribution in [0, 0.1) is 11.6 Å². The number of ether oxygens (including phenoxy) is 1. The molecule has 2 aromatic rings. The van der Waals surface area contributed by atoms with Crippen molar-refractivity contribution in [1.82, 2.24) is 0 Å². The number of allylic oxidation sites excluding steroid dienone is 3. The minimum atomic E-state index is -0.561. The van der Waals surface area contributed by atoms with E-state index in [4.69, 9.17) is 10.5 Å². The van der Waals surface area contributed by atoms with E-state index in [1.54, 1.807) is 18.2 Å². The van der Waals surface area contributed by atoms with E-state index in [1.807, 2.05) is 13.8 Å². The van der Waals surface area contributed by atoms with Gasteiger partial charge in [0.05, 0.1) is 12.8 Å². The minimum Gasteiger partial charge on any atom is -0.494 e. The first kappa shape index (κ1) is 22.9. The molecular weight excluding hydrogens is 422 g/mol. The Morgan fingerprint density at radius 2 is 1.82 bits per heavy atom. The van der Waals surface area contributed by atoms with Gasteiger partial charge in [-0.25, -0.2) is 13.8 Å². The Bertz CT molecular complexity index is 1210. The molecule has 4 rings (SSSR count). The number of halogens is 2. The van der Waals surface area contributed by atoms with Gasteiger partial charge in [0, 0.05) is 17.6 Å². The van der Waals surface area contributed by atoms with Crippen LogP contribution in [-0.4, -0.2) is 18.6 Å². The van der Waals surface area contributed by atoms with Crippen LogP contribution in [0.1, 0.15) is 57.4 Å². The number of Topliss-reactive ketones (excluding diaryl/α,β-unsaturated/α-hetero) is 1. The normalized spacial score (nSPS) is 18.8. The van der Waals surface area contributed by atoms with Crippen LogP contribution in [-0.2, 0) is 4.79 Å². The zero-order valence-electron chi connectivity index (χ0n) is 19.2. The van der Waals surface area contributed by atoms with Crippen molar-refractivity contribution >= 4 is 11.5 Å². The number of nitrogens with two attached hydrogens (primary N) is 1. The number of methoxy groups -OCH3 is 1. The summed E-state index contributed by atoms with van der Waals surface area (Å²) in [5, 5.41) is 0. The van der Waals surface area contributed by atoms with Crippen LogP contribution in [0.2, 0.25) is 0 Å². The van der Waals surface area contributed by atoms with Crippen molar-refractivity contribution in [3.8, 4) is 16.9 Å². The van der Waals surface area contributed by atoms with Crippen molar-refractivity contribution < 1.29 is 18.3 Å². The van der Waals surface area contributed by atoms with Crippen LogP contribution in [0.15, 0.2) is 63.9 Å². The molecule has 0 spiro atoms. The van der Waals surface area contributed by atoms with E-state index in [9.17, 15) is 9.18 Å². The molecule has 0 saturated heterocycles. The van der Waals surface area contributed by atoms with Crippen LogP contribution in [0.4, 0.5) is 8.78 Å². The van der Waals surface area contributed by atoms with Gasteiger partial charge in [0.1, 0.15) is 11.6 Å². The van der Waals surface area contributed by atoms with Crippen molar-refractivity contribution in [3.63, 3.8) is 0 Å². The number of hydrogen-bond acceptors (Lipinski definition) is 4. The summed E-state index contributed by atoms with van der Waals surface area (Å²) in [4.78, 5) is 18.0. The van der Waals surface area contributed by atoms with Crippen LogP contribution >= 0.6 is 0 Å². The second-order valence-electron chi connectivity index (χ2n) is 8.49. The molecule has 1 unspecified atom stereocenters. The summed E-state index contributed by atoms with van der Waals surface area (Å²) in [6.07, 6.45) is 2.91. The molecule has 4 nitrogen and oxygen atoms in total. The van der Waals surface area contributed by atoms with Crippen LogP contribution in [0.3, 0.4) is 0 Å². The number of carbonyl (C=O) groups excluding carboxylic acids is 1. The largest absolute Gasteiger partial charge is 0.494 e. The highest BCUT2D eigenvalue weighted by Gasteiger charge is 2.34. The number of hydrogen-bond donors (Lipinski definition) is 1. The highest BCUT2D eigenvalue weighted by molar-refractivity contribution is 6.25. The second kappa shape index (κ2) is 9.30. The molecule has 0 bridgehead atoms. The van der Waals surface area contributed by atoms with E-state index in [1.165, 1.54) is 25.3 Å². The minimum absolute atomic E-state index is 0.00777. The van der Waals surface area contributed by atoms with Crippen LogP contribution < -0.4 is 10.5 Å². The third kappa shape index (κ3) is 4.22. The van der Waals surface area contributed by atoms with E-state index in [0.717, 1.165) is 24.0 Å². The standard InChI is InChI=1S/C27H28F2N2O2/c1-4-15-11-16(5-2)27(30)31-22-12-17(13-23(32)25(15)22)19-10-9-18(28)14-21(19)20-7-6-8-24(33-3)26(20)29/h6-10,14,17H,4-5,11-13,30H2,1-3H3. The number of carbonyl (C=O) groups is 1. The van der Waals surface area contributed by atoms with Crippen molar-refractivity contribution in [3.05, 3.63) is 76.1 Å². The zero-order valence-corrected chi connectivity index (χ0v) is 19.2. The molecule has 1 aliphatic heterocycles.